The zero-order chi connectivity index (χ0) is 19.2. The lowest BCUT2D eigenvalue weighted by Gasteiger charge is -2.37. The summed E-state index contributed by atoms with van der Waals surface area (Å²) in [5.41, 5.74) is 4.78. The molecule has 0 bridgehead atoms. The van der Waals surface area contributed by atoms with Crippen molar-refractivity contribution in [3.63, 3.8) is 0 Å². The van der Waals surface area contributed by atoms with Gasteiger partial charge in [0.2, 0.25) is 0 Å². The average Bonchev–Trinajstić information content (AvgIpc) is 2.99. The lowest BCUT2D eigenvalue weighted by molar-refractivity contribution is 0.372. The fourth-order valence-electron chi connectivity index (χ4n) is 3.56. The van der Waals surface area contributed by atoms with Gasteiger partial charge in [-0.25, -0.2) is 0 Å². The smallest absolute Gasteiger partial charge is 0.194 e. The van der Waals surface area contributed by atoms with Crippen molar-refractivity contribution in [2.24, 2.45) is 4.99 Å². The highest BCUT2D eigenvalue weighted by Crippen LogP contribution is 2.18. The van der Waals surface area contributed by atoms with Gasteiger partial charge in [-0.15, -0.1) is 24.0 Å². The van der Waals surface area contributed by atoms with Crippen LogP contribution in [0.2, 0.25) is 0 Å². The quantitative estimate of drug-likeness (QED) is 0.389. The van der Waals surface area contributed by atoms with E-state index < -0.39 is 0 Å². The topological polar surface area (TPSA) is 56.9 Å². The molecule has 0 aliphatic carbocycles. The molecule has 3 rings (SSSR count). The summed E-state index contributed by atoms with van der Waals surface area (Å²) in [6.07, 6.45) is 0.860. The summed E-state index contributed by atoms with van der Waals surface area (Å²) < 4.78 is 5.25. The van der Waals surface area contributed by atoms with Crippen molar-refractivity contribution in [1.29, 1.82) is 0 Å². The van der Waals surface area contributed by atoms with E-state index in [0.29, 0.717) is 0 Å². The maximum absolute atomic E-state index is 5.25. The SMILES string of the molecule is CCNC(=NCCc1c(C)noc1C)N1CCN(c2cccc(C)c2)CC1.I. The number of aromatic nitrogens is 1. The minimum atomic E-state index is 0. The van der Waals surface area contributed by atoms with Crippen LogP contribution in [-0.4, -0.2) is 55.3 Å². The summed E-state index contributed by atoms with van der Waals surface area (Å²) in [6, 6.07) is 8.75. The van der Waals surface area contributed by atoms with E-state index in [9.17, 15) is 0 Å². The van der Waals surface area contributed by atoms with Gasteiger partial charge in [0.15, 0.2) is 5.96 Å². The molecule has 0 unspecified atom stereocenters. The van der Waals surface area contributed by atoms with Crippen molar-refractivity contribution in [1.82, 2.24) is 15.4 Å². The van der Waals surface area contributed by atoms with Crippen LogP contribution in [0.5, 0.6) is 0 Å². The van der Waals surface area contributed by atoms with E-state index >= 15 is 0 Å². The number of nitrogens with zero attached hydrogens (tertiary/aromatic N) is 4. The Morgan fingerprint density at radius 3 is 2.54 bits per heavy atom. The second kappa shape index (κ2) is 10.7. The molecular formula is C21H32IN5O. The van der Waals surface area contributed by atoms with Crippen LogP contribution in [0, 0.1) is 20.8 Å². The van der Waals surface area contributed by atoms with Crippen molar-refractivity contribution in [2.75, 3.05) is 44.2 Å². The maximum atomic E-state index is 5.25. The molecule has 0 amide bonds. The van der Waals surface area contributed by atoms with Crippen LogP contribution in [0.25, 0.3) is 0 Å². The number of guanidine groups is 1. The van der Waals surface area contributed by atoms with Crippen molar-refractivity contribution in [2.45, 2.75) is 34.1 Å². The molecule has 0 radical (unpaired) electrons. The zero-order valence-electron chi connectivity index (χ0n) is 17.4. The molecule has 6 nitrogen and oxygen atoms in total. The first kappa shape index (κ1) is 22.5. The third-order valence-corrected chi connectivity index (χ3v) is 5.09. The highest BCUT2D eigenvalue weighted by atomic mass is 127. The highest BCUT2D eigenvalue weighted by Gasteiger charge is 2.20. The standard InChI is InChI=1S/C21H31N5O.HI/c1-5-22-21(23-10-9-20-17(3)24-27-18(20)4)26-13-11-25(12-14-26)19-8-6-7-16(2)15-19;/h6-8,15H,5,9-14H2,1-4H3,(H,22,23);1H. The molecule has 1 N–H and O–H groups in total. The van der Waals surface area contributed by atoms with Crippen LogP contribution in [0.1, 0.15) is 29.5 Å². The lowest BCUT2D eigenvalue weighted by Crippen LogP contribution is -2.52. The fraction of sp³-hybridized carbons (Fsp3) is 0.524. The van der Waals surface area contributed by atoms with E-state index in [2.05, 4.69) is 58.4 Å². The number of benzene rings is 1. The van der Waals surface area contributed by atoms with Crippen molar-refractivity contribution in [3.05, 3.63) is 46.8 Å². The number of rotatable bonds is 5. The molecule has 0 spiro atoms. The van der Waals surface area contributed by atoms with Gasteiger partial charge in [0, 0.05) is 50.5 Å². The largest absolute Gasteiger partial charge is 0.368 e. The molecule has 1 aliphatic heterocycles. The van der Waals surface area contributed by atoms with E-state index in [4.69, 9.17) is 9.52 Å². The Hall–Kier alpha value is -1.77. The number of halogens is 1. The van der Waals surface area contributed by atoms with E-state index in [-0.39, 0.29) is 24.0 Å². The third-order valence-electron chi connectivity index (χ3n) is 5.09. The summed E-state index contributed by atoms with van der Waals surface area (Å²) >= 11 is 0. The first-order valence-electron chi connectivity index (χ1n) is 9.85. The zero-order valence-corrected chi connectivity index (χ0v) is 19.7. The van der Waals surface area contributed by atoms with Gasteiger partial charge in [0.05, 0.1) is 5.69 Å². The summed E-state index contributed by atoms with van der Waals surface area (Å²) in [6.45, 7) is 13.8. The van der Waals surface area contributed by atoms with Crippen molar-refractivity contribution >= 4 is 35.6 Å². The van der Waals surface area contributed by atoms with E-state index in [1.165, 1.54) is 16.8 Å². The van der Waals surface area contributed by atoms with Crippen LogP contribution in [-0.2, 0) is 6.42 Å². The van der Waals surface area contributed by atoms with E-state index in [1.54, 1.807) is 0 Å². The van der Waals surface area contributed by atoms with E-state index in [1.807, 2.05) is 13.8 Å². The number of nitrogens with one attached hydrogen (secondary N) is 1. The maximum Gasteiger partial charge on any atom is 0.194 e. The molecule has 1 fully saturated rings. The number of piperazine rings is 1. The first-order chi connectivity index (χ1) is 13.1. The lowest BCUT2D eigenvalue weighted by atomic mass is 10.1. The predicted molar refractivity (Wildman–Crippen MR) is 126 cm³/mol. The Morgan fingerprint density at radius 1 is 1.18 bits per heavy atom. The van der Waals surface area contributed by atoms with Gasteiger partial charge in [-0.3, -0.25) is 4.99 Å². The van der Waals surface area contributed by atoms with Crippen LogP contribution in [0.3, 0.4) is 0 Å². The van der Waals surface area contributed by atoms with Gasteiger partial charge in [0.1, 0.15) is 5.76 Å². The molecule has 0 atom stereocenters. The monoisotopic (exact) mass is 497 g/mol. The Labute approximate surface area is 185 Å². The number of hydrogen-bond acceptors (Lipinski definition) is 4. The number of aryl methyl sites for hydroxylation is 3. The van der Waals surface area contributed by atoms with Gasteiger partial charge >= 0.3 is 0 Å². The van der Waals surface area contributed by atoms with Gasteiger partial charge in [0.25, 0.3) is 0 Å². The van der Waals surface area contributed by atoms with Crippen LogP contribution < -0.4 is 10.2 Å². The average molecular weight is 497 g/mol. The molecule has 28 heavy (non-hydrogen) atoms. The number of hydrogen-bond donors (Lipinski definition) is 1. The van der Waals surface area contributed by atoms with Gasteiger partial charge in [-0.2, -0.15) is 0 Å². The van der Waals surface area contributed by atoms with Gasteiger partial charge in [-0.05, 0) is 51.8 Å². The minimum Gasteiger partial charge on any atom is -0.368 e. The van der Waals surface area contributed by atoms with Crippen LogP contribution in [0.4, 0.5) is 5.69 Å². The molecule has 1 aliphatic rings. The summed E-state index contributed by atoms with van der Waals surface area (Å²) in [5.74, 6) is 1.91. The van der Waals surface area contributed by atoms with Crippen LogP contribution in [0.15, 0.2) is 33.8 Å². The Kier molecular flexibility index (Phi) is 8.59. The Balaban J connectivity index is 0.00000280. The minimum absolute atomic E-state index is 0. The molecule has 1 aromatic carbocycles. The second-order valence-corrected chi connectivity index (χ2v) is 7.10. The molecule has 2 heterocycles. The van der Waals surface area contributed by atoms with Crippen LogP contribution >= 0.6 is 24.0 Å². The molecule has 0 saturated carbocycles. The number of anilines is 1. The summed E-state index contributed by atoms with van der Waals surface area (Å²) in [4.78, 5) is 9.67. The summed E-state index contributed by atoms with van der Waals surface area (Å²) in [5, 5.41) is 7.47. The van der Waals surface area contributed by atoms with Crippen molar-refractivity contribution < 1.29 is 4.52 Å². The highest BCUT2D eigenvalue weighted by molar-refractivity contribution is 14.0. The molecule has 1 saturated heterocycles. The second-order valence-electron chi connectivity index (χ2n) is 7.10. The Bertz CT molecular complexity index is 761. The van der Waals surface area contributed by atoms with E-state index in [0.717, 1.165) is 63.1 Å². The van der Waals surface area contributed by atoms with Gasteiger partial charge in [-0.1, -0.05) is 17.3 Å². The molecule has 1 aromatic heterocycles. The molecule has 154 valence electrons. The van der Waals surface area contributed by atoms with Crippen molar-refractivity contribution in [3.8, 4) is 0 Å². The predicted octanol–water partition coefficient (Wildman–Crippen LogP) is 3.55. The first-order valence-corrected chi connectivity index (χ1v) is 9.85. The fourth-order valence-corrected chi connectivity index (χ4v) is 3.56. The molecule has 2 aromatic rings. The molecular weight excluding hydrogens is 465 g/mol. The number of aliphatic imine (C=N–C) groups is 1. The third kappa shape index (κ3) is 5.62. The molecule has 7 heteroatoms. The summed E-state index contributed by atoms with van der Waals surface area (Å²) in [7, 11) is 0. The Morgan fingerprint density at radius 2 is 1.93 bits per heavy atom. The normalized spacial score (nSPS) is 14.8. The van der Waals surface area contributed by atoms with Gasteiger partial charge < -0.3 is 19.6 Å².